The van der Waals surface area contributed by atoms with E-state index in [0.29, 0.717) is 28.6 Å². The Hall–Kier alpha value is -4.20. The number of furan rings is 1. The number of ether oxygens (including phenoxy) is 1. The molecule has 0 spiro atoms. The van der Waals surface area contributed by atoms with Gasteiger partial charge in [-0.1, -0.05) is 12.1 Å². The third-order valence-corrected chi connectivity index (χ3v) is 4.09. The molecule has 0 saturated carbocycles. The van der Waals surface area contributed by atoms with Crippen LogP contribution in [0.3, 0.4) is 0 Å². The van der Waals surface area contributed by atoms with Gasteiger partial charge in [0.15, 0.2) is 11.6 Å². The molecule has 8 heteroatoms. The van der Waals surface area contributed by atoms with Crippen molar-refractivity contribution >= 4 is 11.6 Å². The van der Waals surface area contributed by atoms with Crippen LogP contribution < -0.4 is 10.1 Å². The van der Waals surface area contributed by atoms with E-state index in [1.54, 1.807) is 30.3 Å². The van der Waals surface area contributed by atoms with Crippen LogP contribution in [-0.2, 0) is 6.61 Å². The topological polar surface area (TPSA) is 97.5 Å². The quantitative estimate of drug-likeness (QED) is 0.493. The zero-order valence-electron chi connectivity index (χ0n) is 15.6. The highest BCUT2D eigenvalue weighted by Gasteiger charge is 2.13. The minimum Gasteiger partial charge on any atom is -0.508 e. The van der Waals surface area contributed by atoms with Gasteiger partial charge in [0.2, 0.25) is 0 Å². The van der Waals surface area contributed by atoms with Crippen molar-refractivity contribution in [3.05, 3.63) is 90.4 Å². The number of aromatic nitrogens is 2. The summed E-state index contributed by atoms with van der Waals surface area (Å²) in [6.45, 7) is 0.0979. The van der Waals surface area contributed by atoms with Crippen molar-refractivity contribution in [2.75, 3.05) is 5.32 Å². The van der Waals surface area contributed by atoms with Crippen LogP contribution in [0.2, 0.25) is 0 Å². The number of carbonyl (C=O) groups excluding carboxylic acids is 1. The molecule has 0 atom stereocenters. The first kappa shape index (κ1) is 19.1. The lowest BCUT2D eigenvalue weighted by Gasteiger charge is -2.05. The Morgan fingerprint density at radius 2 is 1.83 bits per heavy atom. The van der Waals surface area contributed by atoms with Gasteiger partial charge in [0.1, 0.15) is 29.7 Å². The third-order valence-electron chi connectivity index (χ3n) is 4.09. The van der Waals surface area contributed by atoms with Crippen LogP contribution in [0, 0.1) is 5.82 Å². The molecule has 0 aliphatic carbocycles. The van der Waals surface area contributed by atoms with Crippen LogP contribution >= 0.6 is 0 Å². The summed E-state index contributed by atoms with van der Waals surface area (Å²) in [6, 6.07) is 15.3. The molecule has 2 N–H and O–H groups in total. The number of amides is 1. The molecule has 150 valence electrons. The van der Waals surface area contributed by atoms with Gasteiger partial charge in [0.25, 0.3) is 5.91 Å². The van der Waals surface area contributed by atoms with Gasteiger partial charge in [-0.15, -0.1) is 0 Å². The fraction of sp³-hybridized carbons (Fsp3) is 0.0455. The minimum absolute atomic E-state index is 0.0979. The molecular weight excluding hydrogens is 389 g/mol. The normalized spacial score (nSPS) is 10.6. The number of phenolic OH excluding ortho intramolecular Hbond substituents is 1. The average Bonchev–Trinajstić information content (AvgIpc) is 3.23. The molecule has 0 aliphatic heterocycles. The van der Waals surface area contributed by atoms with E-state index in [-0.39, 0.29) is 23.9 Å². The van der Waals surface area contributed by atoms with Crippen LogP contribution in [0.5, 0.6) is 11.5 Å². The summed E-state index contributed by atoms with van der Waals surface area (Å²) in [7, 11) is 0. The standard InChI is InChI=1S/C22H16FN3O4/c23-15-4-6-18(7-5-15)29-13-19-8-9-20(30-19)22(28)26-16-11-24-21(25-12-16)14-2-1-3-17(27)10-14/h1-12,27H,13H2,(H,26,28). The van der Waals surface area contributed by atoms with E-state index in [0.717, 1.165) is 0 Å². The Morgan fingerprint density at radius 3 is 2.57 bits per heavy atom. The number of aromatic hydroxyl groups is 1. The van der Waals surface area contributed by atoms with Crippen molar-refractivity contribution in [2.24, 2.45) is 0 Å². The van der Waals surface area contributed by atoms with Crippen molar-refractivity contribution < 1.29 is 23.4 Å². The van der Waals surface area contributed by atoms with Gasteiger partial charge in [0, 0.05) is 5.56 Å². The molecule has 7 nitrogen and oxygen atoms in total. The lowest BCUT2D eigenvalue weighted by Crippen LogP contribution is -2.11. The lowest BCUT2D eigenvalue weighted by molar-refractivity contribution is 0.0992. The SMILES string of the molecule is O=C(Nc1cnc(-c2cccc(O)c2)nc1)c1ccc(COc2ccc(F)cc2)o1. The highest BCUT2D eigenvalue weighted by molar-refractivity contribution is 6.02. The largest absolute Gasteiger partial charge is 0.508 e. The molecule has 2 heterocycles. The highest BCUT2D eigenvalue weighted by atomic mass is 19.1. The molecule has 0 bridgehead atoms. The first-order valence-electron chi connectivity index (χ1n) is 8.97. The van der Waals surface area contributed by atoms with Crippen LogP contribution in [0.4, 0.5) is 10.1 Å². The number of rotatable bonds is 6. The second-order valence-electron chi connectivity index (χ2n) is 6.31. The molecule has 30 heavy (non-hydrogen) atoms. The van der Waals surface area contributed by atoms with Crippen molar-refractivity contribution in [1.82, 2.24) is 9.97 Å². The first-order valence-corrected chi connectivity index (χ1v) is 8.97. The molecule has 2 aromatic heterocycles. The van der Waals surface area contributed by atoms with Crippen molar-refractivity contribution in [3.63, 3.8) is 0 Å². The number of benzene rings is 2. The number of phenols is 1. The fourth-order valence-corrected chi connectivity index (χ4v) is 2.64. The molecule has 0 radical (unpaired) electrons. The van der Waals surface area contributed by atoms with Crippen LogP contribution in [0.15, 0.2) is 77.5 Å². The fourth-order valence-electron chi connectivity index (χ4n) is 2.64. The van der Waals surface area contributed by atoms with E-state index >= 15 is 0 Å². The molecule has 4 rings (SSSR count). The maximum atomic E-state index is 12.9. The van der Waals surface area contributed by atoms with Gasteiger partial charge in [-0.2, -0.15) is 0 Å². The van der Waals surface area contributed by atoms with E-state index in [4.69, 9.17) is 9.15 Å². The van der Waals surface area contributed by atoms with E-state index in [1.165, 1.54) is 42.7 Å². The van der Waals surface area contributed by atoms with Crippen LogP contribution in [0.1, 0.15) is 16.3 Å². The molecule has 0 aliphatic rings. The van der Waals surface area contributed by atoms with E-state index < -0.39 is 5.91 Å². The summed E-state index contributed by atoms with van der Waals surface area (Å²) in [5.74, 6) is 0.759. The summed E-state index contributed by atoms with van der Waals surface area (Å²) < 4.78 is 23.9. The monoisotopic (exact) mass is 405 g/mol. The molecule has 0 unspecified atom stereocenters. The predicted octanol–water partition coefficient (Wildman–Crippen LogP) is 4.41. The Kier molecular flexibility index (Phi) is 5.38. The maximum absolute atomic E-state index is 12.9. The number of nitrogens with zero attached hydrogens (tertiary/aromatic N) is 2. The molecule has 4 aromatic rings. The third kappa shape index (κ3) is 4.61. The van der Waals surface area contributed by atoms with Crippen LogP contribution in [-0.4, -0.2) is 21.0 Å². The lowest BCUT2D eigenvalue weighted by atomic mass is 10.2. The summed E-state index contributed by atoms with van der Waals surface area (Å²) >= 11 is 0. The molecular formula is C22H16FN3O4. The molecule has 0 saturated heterocycles. The Balaban J connectivity index is 1.36. The average molecular weight is 405 g/mol. The van der Waals surface area contributed by atoms with Crippen molar-refractivity contribution in [1.29, 1.82) is 0 Å². The van der Waals surface area contributed by atoms with Crippen molar-refractivity contribution in [3.8, 4) is 22.9 Å². The van der Waals surface area contributed by atoms with E-state index in [9.17, 15) is 14.3 Å². The van der Waals surface area contributed by atoms with Crippen LogP contribution in [0.25, 0.3) is 11.4 Å². The molecule has 0 fully saturated rings. The van der Waals surface area contributed by atoms with Gasteiger partial charge >= 0.3 is 0 Å². The summed E-state index contributed by atoms with van der Waals surface area (Å²) in [6.07, 6.45) is 2.93. The number of nitrogens with one attached hydrogen (secondary N) is 1. The predicted molar refractivity (Wildman–Crippen MR) is 107 cm³/mol. The second kappa shape index (κ2) is 8.44. The van der Waals surface area contributed by atoms with Gasteiger partial charge < -0.3 is 19.6 Å². The zero-order chi connectivity index (χ0) is 20.9. The van der Waals surface area contributed by atoms with Gasteiger partial charge in [-0.3, -0.25) is 4.79 Å². The number of carbonyl (C=O) groups is 1. The summed E-state index contributed by atoms with van der Waals surface area (Å²) in [4.78, 5) is 20.8. The van der Waals surface area contributed by atoms with E-state index in [1.807, 2.05) is 0 Å². The second-order valence-corrected chi connectivity index (χ2v) is 6.31. The zero-order valence-corrected chi connectivity index (χ0v) is 15.6. The Bertz CT molecular complexity index is 1160. The Labute approximate surface area is 170 Å². The number of halogens is 1. The summed E-state index contributed by atoms with van der Waals surface area (Å²) in [5.41, 5.74) is 1.05. The number of hydrogen-bond donors (Lipinski definition) is 2. The van der Waals surface area contributed by atoms with Gasteiger partial charge in [-0.05, 0) is 48.5 Å². The first-order chi connectivity index (χ1) is 14.6. The Morgan fingerprint density at radius 1 is 1.07 bits per heavy atom. The minimum atomic E-state index is -0.461. The summed E-state index contributed by atoms with van der Waals surface area (Å²) in [5, 5.41) is 12.2. The molecule has 1 amide bonds. The number of anilines is 1. The molecule has 2 aromatic carbocycles. The smallest absolute Gasteiger partial charge is 0.291 e. The van der Waals surface area contributed by atoms with Gasteiger partial charge in [-0.25, -0.2) is 14.4 Å². The maximum Gasteiger partial charge on any atom is 0.291 e. The van der Waals surface area contributed by atoms with Crippen molar-refractivity contribution in [2.45, 2.75) is 6.61 Å². The number of hydrogen-bond acceptors (Lipinski definition) is 6. The van der Waals surface area contributed by atoms with Gasteiger partial charge in [0.05, 0.1) is 18.1 Å². The highest BCUT2D eigenvalue weighted by Crippen LogP contribution is 2.21. The van der Waals surface area contributed by atoms with E-state index in [2.05, 4.69) is 15.3 Å².